The normalized spacial score (nSPS) is 10.3. The van der Waals surface area contributed by atoms with E-state index in [2.05, 4.69) is 42.2 Å². The molecule has 0 aliphatic carbocycles. The number of hydrogen-bond donors (Lipinski definition) is 1. The summed E-state index contributed by atoms with van der Waals surface area (Å²) in [5.41, 5.74) is 2.07. The molecule has 0 fully saturated rings. The van der Waals surface area contributed by atoms with Crippen molar-refractivity contribution in [3.8, 4) is 11.6 Å². The number of ether oxygens (including phenoxy) is 2. The minimum Gasteiger partial charge on any atom is -0.494 e. The van der Waals surface area contributed by atoms with Crippen molar-refractivity contribution >= 4 is 37.5 Å². The number of nitrogens with one attached hydrogen (secondary N) is 1. The summed E-state index contributed by atoms with van der Waals surface area (Å²) in [5, 5.41) is 3.32. The molecular formula is C15H16Br2N2O2. The van der Waals surface area contributed by atoms with Gasteiger partial charge in [-0.15, -0.1) is 0 Å². The maximum atomic E-state index is 5.32. The smallest absolute Gasteiger partial charge is 0.213 e. The van der Waals surface area contributed by atoms with Crippen molar-refractivity contribution in [3.05, 3.63) is 45.0 Å². The highest BCUT2D eigenvalue weighted by Crippen LogP contribution is 2.34. The summed E-state index contributed by atoms with van der Waals surface area (Å²) in [5.74, 6) is 1.43. The minimum absolute atomic E-state index is 0.619. The zero-order valence-electron chi connectivity index (χ0n) is 11.8. The predicted octanol–water partition coefficient (Wildman–Crippen LogP) is 4.63. The number of hydrogen-bond acceptors (Lipinski definition) is 4. The number of aromatic nitrogens is 1. The first-order chi connectivity index (χ1) is 10.1. The number of nitrogens with zero attached hydrogens (tertiary/aromatic N) is 1. The summed E-state index contributed by atoms with van der Waals surface area (Å²) < 4.78 is 12.4. The van der Waals surface area contributed by atoms with Crippen LogP contribution in [0.3, 0.4) is 0 Å². The Bertz CT molecular complexity index is 580. The second-order valence-electron chi connectivity index (χ2n) is 4.26. The SMILES string of the molecule is CCOc1ccc(NCc2cc(Br)c(OC)c(Br)c2)cn1. The van der Waals surface area contributed by atoms with E-state index in [1.807, 2.05) is 31.2 Å². The van der Waals surface area contributed by atoms with Crippen molar-refractivity contribution in [2.75, 3.05) is 19.0 Å². The van der Waals surface area contributed by atoms with Crippen LogP contribution in [0.4, 0.5) is 5.69 Å². The highest BCUT2D eigenvalue weighted by molar-refractivity contribution is 9.11. The quantitative estimate of drug-likeness (QED) is 0.747. The molecule has 0 aliphatic rings. The minimum atomic E-state index is 0.619. The Kier molecular flexibility index (Phi) is 5.87. The summed E-state index contributed by atoms with van der Waals surface area (Å²) >= 11 is 7.00. The van der Waals surface area contributed by atoms with Crippen molar-refractivity contribution in [2.45, 2.75) is 13.5 Å². The lowest BCUT2D eigenvalue weighted by Gasteiger charge is -2.11. The highest BCUT2D eigenvalue weighted by Gasteiger charge is 2.07. The van der Waals surface area contributed by atoms with Gasteiger partial charge in [0.25, 0.3) is 0 Å². The molecule has 0 aliphatic heterocycles. The molecule has 0 bridgehead atoms. The van der Waals surface area contributed by atoms with Crippen molar-refractivity contribution in [1.29, 1.82) is 0 Å². The summed E-state index contributed by atoms with van der Waals surface area (Å²) in [6.07, 6.45) is 1.76. The van der Waals surface area contributed by atoms with Crippen LogP contribution in [0.25, 0.3) is 0 Å². The first-order valence-corrected chi connectivity index (χ1v) is 8.07. The lowest BCUT2D eigenvalue weighted by Crippen LogP contribution is -2.01. The van der Waals surface area contributed by atoms with Gasteiger partial charge in [-0.1, -0.05) is 0 Å². The molecule has 1 aromatic carbocycles. The van der Waals surface area contributed by atoms with Gasteiger partial charge in [0.05, 0.1) is 34.5 Å². The number of methoxy groups -OCH3 is 1. The third kappa shape index (κ3) is 4.35. The van der Waals surface area contributed by atoms with Crippen LogP contribution in [0.2, 0.25) is 0 Å². The molecular weight excluding hydrogens is 400 g/mol. The molecule has 112 valence electrons. The van der Waals surface area contributed by atoms with Gasteiger partial charge >= 0.3 is 0 Å². The molecule has 0 spiro atoms. The molecule has 0 unspecified atom stereocenters. The number of pyridine rings is 1. The van der Waals surface area contributed by atoms with E-state index < -0.39 is 0 Å². The second kappa shape index (κ2) is 7.66. The fraction of sp³-hybridized carbons (Fsp3) is 0.267. The summed E-state index contributed by atoms with van der Waals surface area (Å²) in [6, 6.07) is 7.86. The molecule has 2 rings (SSSR count). The van der Waals surface area contributed by atoms with Gasteiger partial charge in [-0.2, -0.15) is 0 Å². The maximum absolute atomic E-state index is 5.32. The van der Waals surface area contributed by atoms with Crippen LogP contribution >= 0.6 is 31.9 Å². The fourth-order valence-corrected chi connectivity index (χ4v) is 3.44. The van der Waals surface area contributed by atoms with Gasteiger partial charge in [0.2, 0.25) is 5.88 Å². The number of anilines is 1. The molecule has 1 heterocycles. The van der Waals surface area contributed by atoms with Crippen LogP contribution in [-0.2, 0) is 6.54 Å². The lowest BCUT2D eigenvalue weighted by atomic mass is 10.2. The third-order valence-electron chi connectivity index (χ3n) is 2.79. The topological polar surface area (TPSA) is 43.4 Å². The Morgan fingerprint density at radius 2 is 1.90 bits per heavy atom. The van der Waals surface area contributed by atoms with Crippen molar-refractivity contribution < 1.29 is 9.47 Å². The van der Waals surface area contributed by atoms with E-state index in [9.17, 15) is 0 Å². The van der Waals surface area contributed by atoms with Crippen molar-refractivity contribution in [2.24, 2.45) is 0 Å². The average molecular weight is 416 g/mol. The zero-order valence-corrected chi connectivity index (χ0v) is 15.0. The van der Waals surface area contributed by atoms with Crippen LogP contribution in [0, 0.1) is 0 Å². The molecule has 0 saturated heterocycles. The van der Waals surface area contributed by atoms with Crippen LogP contribution in [0.1, 0.15) is 12.5 Å². The van der Waals surface area contributed by atoms with Gasteiger partial charge in [-0.25, -0.2) is 4.98 Å². The summed E-state index contributed by atoms with van der Waals surface area (Å²) in [7, 11) is 1.65. The average Bonchev–Trinajstić information content (AvgIpc) is 2.47. The van der Waals surface area contributed by atoms with E-state index in [4.69, 9.17) is 9.47 Å². The van der Waals surface area contributed by atoms with Gasteiger partial charge in [0, 0.05) is 12.6 Å². The van der Waals surface area contributed by atoms with Crippen molar-refractivity contribution in [1.82, 2.24) is 4.98 Å². The second-order valence-corrected chi connectivity index (χ2v) is 5.97. The predicted molar refractivity (Wildman–Crippen MR) is 91.1 cm³/mol. The van der Waals surface area contributed by atoms with E-state index in [1.54, 1.807) is 13.3 Å². The molecule has 4 nitrogen and oxygen atoms in total. The number of benzene rings is 1. The van der Waals surface area contributed by atoms with Gasteiger partial charge < -0.3 is 14.8 Å². The molecule has 0 amide bonds. The molecule has 1 aromatic heterocycles. The monoisotopic (exact) mass is 414 g/mol. The Morgan fingerprint density at radius 1 is 1.19 bits per heavy atom. The summed E-state index contributed by atoms with van der Waals surface area (Å²) in [4.78, 5) is 4.22. The Labute approximate surface area is 141 Å². The Morgan fingerprint density at radius 3 is 2.43 bits per heavy atom. The maximum Gasteiger partial charge on any atom is 0.213 e. The molecule has 2 aromatic rings. The van der Waals surface area contributed by atoms with Gasteiger partial charge in [-0.05, 0) is 62.5 Å². The van der Waals surface area contributed by atoms with E-state index in [1.165, 1.54) is 0 Å². The molecule has 0 atom stereocenters. The van der Waals surface area contributed by atoms with Gasteiger partial charge in [0.15, 0.2) is 0 Å². The standard InChI is InChI=1S/C15H16Br2N2O2/c1-3-21-14-5-4-11(9-19-14)18-8-10-6-12(16)15(20-2)13(17)7-10/h4-7,9,18H,3,8H2,1-2H3. The van der Waals surface area contributed by atoms with E-state index in [-0.39, 0.29) is 0 Å². The van der Waals surface area contributed by atoms with Crippen molar-refractivity contribution in [3.63, 3.8) is 0 Å². The highest BCUT2D eigenvalue weighted by atomic mass is 79.9. The Hall–Kier alpha value is -1.27. The van der Waals surface area contributed by atoms with Crippen LogP contribution in [0.5, 0.6) is 11.6 Å². The summed E-state index contributed by atoms with van der Waals surface area (Å²) in [6.45, 7) is 3.25. The number of halogens is 2. The van der Waals surface area contributed by atoms with Gasteiger partial charge in [0.1, 0.15) is 5.75 Å². The number of rotatable bonds is 6. The zero-order chi connectivity index (χ0) is 15.2. The molecule has 6 heteroatoms. The van der Waals surface area contributed by atoms with Gasteiger partial charge in [-0.3, -0.25) is 0 Å². The largest absolute Gasteiger partial charge is 0.494 e. The van der Waals surface area contributed by atoms with Crippen LogP contribution in [0.15, 0.2) is 39.4 Å². The molecule has 0 saturated carbocycles. The lowest BCUT2D eigenvalue weighted by molar-refractivity contribution is 0.327. The first kappa shape index (κ1) is 16.1. The van der Waals surface area contributed by atoms with E-state index in [0.29, 0.717) is 19.0 Å². The molecule has 0 radical (unpaired) electrons. The molecule has 21 heavy (non-hydrogen) atoms. The van der Waals surface area contributed by atoms with Crippen LogP contribution in [-0.4, -0.2) is 18.7 Å². The fourth-order valence-electron chi connectivity index (χ4n) is 1.83. The first-order valence-electron chi connectivity index (χ1n) is 6.48. The molecule has 1 N–H and O–H groups in total. The van der Waals surface area contributed by atoms with Crippen LogP contribution < -0.4 is 14.8 Å². The third-order valence-corrected chi connectivity index (χ3v) is 3.97. The van der Waals surface area contributed by atoms with E-state index in [0.717, 1.165) is 25.9 Å². The van der Waals surface area contributed by atoms with E-state index >= 15 is 0 Å². The Balaban J connectivity index is 2.02.